The molecular weight excluding hydrogens is 350 g/mol. The maximum Gasteiger partial charge on any atom is 0.254 e. The van der Waals surface area contributed by atoms with Gasteiger partial charge in [-0.2, -0.15) is 0 Å². The molecule has 2 atom stereocenters. The molecule has 0 aliphatic rings. The molecule has 2 amide bonds. The van der Waals surface area contributed by atoms with E-state index in [0.29, 0.717) is 11.0 Å². The topological polar surface area (TPSA) is 89.3 Å². The lowest BCUT2D eigenvalue weighted by Gasteiger charge is -2.15. The number of amides is 2. The zero-order chi connectivity index (χ0) is 18.4. The summed E-state index contributed by atoms with van der Waals surface area (Å²) in [7, 11) is -1.37. The monoisotopic (exact) mass is 366 g/mol. The first-order valence-corrected chi connectivity index (χ1v) is 8.69. The van der Waals surface area contributed by atoms with Gasteiger partial charge in [0.15, 0.2) is 0 Å². The molecule has 0 radical (unpaired) electrons. The van der Waals surface area contributed by atoms with Gasteiger partial charge < -0.3 is 11.1 Å². The van der Waals surface area contributed by atoms with Crippen molar-refractivity contribution in [3.8, 4) is 0 Å². The summed E-state index contributed by atoms with van der Waals surface area (Å²) in [6.07, 6.45) is 0.0192. The Bertz CT molecular complexity index is 800. The number of rotatable bonds is 7. The van der Waals surface area contributed by atoms with Gasteiger partial charge in [-0.15, -0.1) is 0 Å². The van der Waals surface area contributed by atoms with Crippen molar-refractivity contribution in [2.45, 2.75) is 17.4 Å². The highest BCUT2D eigenvalue weighted by atomic mass is 32.2. The van der Waals surface area contributed by atoms with Crippen LogP contribution < -0.4 is 11.1 Å². The van der Waals surface area contributed by atoms with Crippen LogP contribution in [-0.2, 0) is 15.6 Å². The molecule has 0 saturated carbocycles. The predicted octanol–water partition coefficient (Wildman–Crippen LogP) is 1.75. The Labute approximate surface area is 145 Å². The van der Waals surface area contributed by atoms with E-state index in [1.54, 1.807) is 30.3 Å². The van der Waals surface area contributed by atoms with Gasteiger partial charge in [-0.3, -0.25) is 13.8 Å². The number of nitrogens with two attached hydrogens (primary N) is 1. The van der Waals surface area contributed by atoms with Gasteiger partial charge in [-0.25, -0.2) is 8.78 Å². The Morgan fingerprint density at radius 2 is 1.80 bits per heavy atom. The van der Waals surface area contributed by atoms with Crippen LogP contribution in [0.4, 0.5) is 8.78 Å². The second kappa shape index (κ2) is 8.48. The molecule has 2 rings (SSSR count). The molecule has 8 heteroatoms. The average molecular weight is 366 g/mol. The van der Waals surface area contributed by atoms with Crippen LogP contribution in [0.15, 0.2) is 53.4 Å². The molecule has 0 fully saturated rings. The number of hydrogen-bond donors (Lipinski definition) is 2. The van der Waals surface area contributed by atoms with Crippen molar-refractivity contribution < 1.29 is 22.6 Å². The van der Waals surface area contributed by atoms with Gasteiger partial charge in [-0.05, 0) is 30.7 Å². The predicted molar refractivity (Wildman–Crippen MR) is 89.1 cm³/mol. The summed E-state index contributed by atoms with van der Waals surface area (Å²) in [4.78, 5) is 24.1. The SMILES string of the molecule is NC(=O)[C@@H](CC[S@@](=O)c1ccccc1)NC(=O)c1ccc(F)cc1F. The first-order valence-electron chi connectivity index (χ1n) is 7.37. The van der Waals surface area contributed by atoms with E-state index in [1.165, 1.54) is 0 Å². The summed E-state index contributed by atoms with van der Waals surface area (Å²) in [5, 5.41) is 2.29. The summed E-state index contributed by atoms with van der Waals surface area (Å²) in [6.45, 7) is 0. The maximum atomic E-state index is 13.6. The van der Waals surface area contributed by atoms with Crippen LogP contribution in [0.1, 0.15) is 16.8 Å². The fourth-order valence-corrected chi connectivity index (χ4v) is 3.26. The van der Waals surface area contributed by atoms with E-state index >= 15 is 0 Å². The van der Waals surface area contributed by atoms with Crippen molar-refractivity contribution in [2.75, 3.05) is 5.75 Å². The van der Waals surface area contributed by atoms with Crippen molar-refractivity contribution in [3.05, 3.63) is 65.7 Å². The average Bonchev–Trinajstić information content (AvgIpc) is 2.58. The van der Waals surface area contributed by atoms with Crippen LogP contribution >= 0.6 is 0 Å². The molecule has 0 aliphatic carbocycles. The lowest BCUT2D eigenvalue weighted by atomic mass is 10.1. The van der Waals surface area contributed by atoms with Gasteiger partial charge in [0.1, 0.15) is 17.7 Å². The third-order valence-corrected chi connectivity index (χ3v) is 4.83. The third kappa shape index (κ3) is 5.18. The van der Waals surface area contributed by atoms with Crippen molar-refractivity contribution in [3.63, 3.8) is 0 Å². The van der Waals surface area contributed by atoms with Gasteiger partial charge in [0.25, 0.3) is 5.91 Å². The number of hydrogen-bond acceptors (Lipinski definition) is 3. The Morgan fingerprint density at radius 3 is 2.40 bits per heavy atom. The van der Waals surface area contributed by atoms with Gasteiger partial charge in [-0.1, -0.05) is 18.2 Å². The van der Waals surface area contributed by atoms with E-state index in [1.807, 2.05) is 0 Å². The number of benzene rings is 2. The molecule has 5 nitrogen and oxygen atoms in total. The van der Waals surface area contributed by atoms with Crippen molar-refractivity contribution in [1.82, 2.24) is 5.32 Å². The molecule has 2 aromatic carbocycles. The normalized spacial score (nSPS) is 13.0. The standard InChI is InChI=1S/C17H16F2N2O3S/c18-11-6-7-13(14(19)10-11)17(23)21-15(16(20)22)8-9-25(24)12-4-2-1-3-5-12/h1-7,10,15H,8-9H2,(H2,20,22)(H,21,23)/t15-,25-/m1/s1. The van der Waals surface area contributed by atoms with Crippen LogP contribution in [0.2, 0.25) is 0 Å². The number of carbonyl (C=O) groups is 2. The number of carbonyl (C=O) groups excluding carboxylic acids is 2. The molecular formula is C17H16F2N2O3S. The Hall–Kier alpha value is -2.61. The van der Waals surface area contributed by atoms with Gasteiger partial charge >= 0.3 is 0 Å². The number of primary amides is 1. The first kappa shape index (κ1) is 18.7. The van der Waals surface area contributed by atoms with E-state index in [4.69, 9.17) is 5.73 Å². The molecule has 132 valence electrons. The zero-order valence-corrected chi connectivity index (χ0v) is 13.9. The van der Waals surface area contributed by atoms with E-state index in [-0.39, 0.29) is 12.2 Å². The van der Waals surface area contributed by atoms with E-state index < -0.39 is 45.9 Å². The minimum Gasteiger partial charge on any atom is -0.368 e. The molecule has 2 aromatic rings. The summed E-state index contributed by atoms with van der Waals surface area (Å²) in [5.41, 5.74) is 4.84. The van der Waals surface area contributed by atoms with E-state index in [2.05, 4.69) is 5.32 Å². The number of nitrogens with one attached hydrogen (secondary N) is 1. The van der Waals surface area contributed by atoms with Crippen molar-refractivity contribution in [2.24, 2.45) is 5.73 Å². The largest absolute Gasteiger partial charge is 0.368 e. The Balaban J connectivity index is 2.02. The highest BCUT2D eigenvalue weighted by Gasteiger charge is 2.22. The van der Waals surface area contributed by atoms with Gasteiger partial charge in [0, 0.05) is 16.7 Å². The minimum atomic E-state index is -1.37. The lowest BCUT2D eigenvalue weighted by Crippen LogP contribution is -2.45. The van der Waals surface area contributed by atoms with Crippen LogP contribution in [0.3, 0.4) is 0 Å². The summed E-state index contributed by atoms with van der Waals surface area (Å²) < 4.78 is 38.7. The molecule has 25 heavy (non-hydrogen) atoms. The summed E-state index contributed by atoms with van der Waals surface area (Å²) >= 11 is 0. The molecule has 0 aromatic heterocycles. The highest BCUT2D eigenvalue weighted by molar-refractivity contribution is 7.85. The molecule has 0 unspecified atom stereocenters. The van der Waals surface area contributed by atoms with Crippen molar-refractivity contribution in [1.29, 1.82) is 0 Å². The Morgan fingerprint density at radius 1 is 1.12 bits per heavy atom. The van der Waals surface area contributed by atoms with Crippen LogP contribution in [0.5, 0.6) is 0 Å². The quantitative estimate of drug-likeness (QED) is 0.782. The molecule has 3 N–H and O–H groups in total. The van der Waals surface area contributed by atoms with Gasteiger partial charge in [0.05, 0.1) is 16.4 Å². The molecule has 0 heterocycles. The first-order chi connectivity index (χ1) is 11.9. The number of halogens is 2. The molecule has 0 saturated heterocycles. The zero-order valence-electron chi connectivity index (χ0n) is 13.1. The maximum absolute atomic E-state index is 13.6. The van der Waals surface area contributed by atoms with E-state index in [0.717, 1.165) is 12.1 Å². The fourth-order valence-electron chi connectivity index (χ4n) is 2.11. The van der Waals surface area contributed by atoms with E-state index in [9.17, 15) is 22.6 Å². The highest BCUT2D eigenvalue weighted by Crippen LogP contribution is 2.11. The van der Waals surface area contributed by atoms with Crippen molar-refractivity contribution >= 4 is 22.6 Å². The molecule has 0 spiro atoms. The van der Waals surface area contributed by atoms with Crippen LogP contribution in [0, 0.1) is 11.6 Å². The lowest BCUT2D eigenvalue weighted by molar-refractivity contribution is -0.119. The van der Waals surface area contributed by atoms with Crippen LogP contribution in [-0.4, -0.2) is 27.8 Å². The van der Waals surface area contributed by atoms with Gasteiger partial charge in [0.2, 0.25) is 5.91 Å². The smallest absolute Gasteiger partial charge is 0.254 e. The molecule has 0 bridgehead atoms. The summed E-state index contributed by atoms with van der Waals surface area (Å²) in [6, 6.07) is 9.97. The fraction of sp³-hybridized carbons (Fsp3) is 0.176. The summed E-state index contributed by atoms with van der Waals surface area (Å²) in [5.74, 6) is -3.51. The Kier molecular flexibility index (Phi) is 6.35. The second-order valence-corrected chi connectivity index (χ2v) is 6.77. The third-order valence-electron chi connectivity index (χ3n) is 3.42. The second-order valence-electron chi connectivity index (χ2n) is 5.20. The van der Waals surface area contributed by atoms with Crippen LogP contribution in [0.25, 0.3) is 0 Å². The minimum absolute atomic E-state index is 0.0192. The molecule has 0 aliphatic heterocycles.